The number of aromatic nitrogens is 2. The average molecular weight is 216 g/mol. The summed E-state index contributed by atoms with van der Waals surface area (Å²) in [6.07, 6.45) is 4.13. The third kappa shape index (κ3) is 1.70. The molecule has 1 aliphatic heterocycles. The second kappa shape index (κ2) is 3.88. The van der Waals surface area contributed by atoms with Crippen LogP contribution in [-0.2, 0) is 6.54 Å². The smallest absolute Gasteiger partial charge is 0.137 e. The second-order valence-electron chi connectivity index (χ2n) is 4.49. The van der Waals surface area contributed by atoms with Gasteiger partial charge in [-0.2, -0.15) is 0 Å². The molecule has 0 aromatic carbocycles. The van der Waals surface area contributed by atoms with E-state index in [2.05, 4.69) is 20.5 Å². The first-order valence-electron chi connectivity index (χ1n) is 5.70. The van der Waals surface area contributed by atoms with Crippen LogP contribution in [0.3, 0.4) is 0 Å². The van der Waals surface area contributed by atoms with Crippen LogP contribution in [0.15, 0.2) is 30.6 Å². The molecule has 0 saturated carbocycles. The van der Waals surface area contributed by atoms with Crippen molar-refractivity contribution in [2.45, 2.75) is 6.54 Å². The van der Waals surface area contributed by atoms with Gasteiger partial charge >= 0.3 is 0 Å². The summed E-state index contributed by atoms with van der Waals surface area (Å²) in [5.41, 5.74) is 7.77. The molecule has 2 N–H and O–H groups in total. The van der Waals surface area contributed by atoms with Crippen LogP contribution in [0, 0.1) is 5.92 Å². The van der Waals surface area contributed by atoms with Gasteiger partial charge in [0.05, 0.1) is 5.69 Å². The summed E-state index contributed by atoms with van der Waals surface area (Å²) in [7, 11) is 0. The SMILES string of the molecule is NCC1CN(Cc2cn3ccccc3n2)C1. The normalized spacial score (nSPS) is 17.8. The van der Waals surface area contributed by atoms with E-state index in [1.165, 1.54) is 0 Å². The van der Waals surface area contributed by atoms with Gasteiger partial charge in [-0.25, -0.2) is 4.98 Å². The molecule has 84 valence electrons. The Morgan fingerprint density at radius 3 is 3.00 bits per heavy atom. The van der Waals surface area contributed by atoms with E-state index in [1.54, 1.807) is 0 Å². The quantitative estimate of drug-likeness (QED) is 0.822. The molecule has 1 fully saturated rings. The van der Waals surface area contributed by atoms with Gasteiger partial charge in [0.1, 0.15) is 5.65 Å². The maximum Gasteiger partial charge on any atom is 0.137 e. The van der Waals surface area contributed by atoms with E-state index in [9.17, 15) is 0 Å². The van der Waals surface area contributed by atoms with Crippen molar-refractivity contribution in [2.75, 3.05) is 19.6 Å². The molecule has 0 aliphatic carbocycles. The van der Waals surface area contributed by atoms with Gasteiger partial charge in [-0.1, -0.05) is 6.07 Å². The van der Waals surface area contributed by atoms with Crippen molar-refractivity contribution in [1.29, 1.82) is 0 Å². The van der Waals surface area contributed by atoms with Gasteiger partial charge in [0.15, 0.2) is 0 Å². The Kier molecular flexibility index (Phi) is 2.38. The summed E-state index contributed by atoms with van der Waals surface area (Å²) >= 11 is 0. The number of nitrogens with zero attached hydrogens (tertiary/aromatic N) is 3. The lowest BCUT2D eigenvalue weighted by Gasteiger charge is -2.38. The predicted molar refractivity (Wildman–Crippen MR) is 63.0 cm³/mol. The van der Waals surface area contributed by atoms with Crippen LogP contribution in [0.2, 0.25) is 0 Å². The van der Waals surface area contributed by atoms with E-state index in [0.717, 1.165) is 37.5 Å². The Hall–Kier alpha value is -1.39. The Morgan fingerprint density at radius 1 is 1.38 bits per heavy atom. The average Bonchev–Trinajstić information content (AvgIpc) is 2.65. The lowest BCUT2D eigenvalue weighted by Crippen LogP contribution is -2.49. The molecular formula is C12H16N4. The molecule has 4 nitrogen and oxygen atoms in total. The van der Waals surface area contributed by atoms with Gasteiger partial charge < -0.3 is 10.1 Å². The Morgan fingerprint density at radius 2 is 2.25 bits per heavy atom. The molecule has 0 unspecified atom stereocenters. The Labute approximate surface area is 94.7 Å². The molecule has 3 heterocycles. The summed E-state index contributed by atoms with van der Waals surface area (Å²) < 4.78 is 2.07. The molecule has 3 rings (SSSR count). The molecule has 16 heavy (non-hydrogen) atoms. The highest BCUT2D eigenvalue weighted by Gasteiger charge is 2.25. The number of hydrogen-bond acceptors (Lipinski definition) is 3. The number of hydrogen-bond donors (Lipinski definition) is 1. The van der Waals surface area contributed by atoms with Gasteiger partial charge in [-0.05, 0) is 24.6 Å². The van der Waals surface area contributed by atoms with Crippen molar-refractivity contribution >= 4 is 5.65 Å². The number of nitrogens with two attached hydrogens (primary N) is 1. The van der Waals surface area contributed by atoms with Crippen LogP contribution < -0.4 is 5.73 Å². The van der Waals surface area contributed by atoms with Gasteiger partial charge in [0, 0.05) is 32.0 Å². The van der Waals surface area contributed by atoms with Gasteiger partial charge in [-0.3, -0.25) is 4.90 Å². The van der Waals surface area contributed by atoms with Crippen LogP contribution >= 0.6 is 0 Å². The van der Waals surface area contributed by atoms with Gasteiger partial charge in [0.2, 0.25) is 0 Å². The molecule has 1 saturated heterocycles. The minimum absolute atomic E-state index is 0.692. The Balaban J connectivity index is 1.71. The summed E-state index contributed by atoms with van der Waals surface area (Å²) in [6.45, 7) is 3.98. The van der Waals surface area contributed by atoms with E-state index in [4.69, 9.17) is 5.73 Å². The number of fused-ring (bicyclic) bond motifs is 1. The monoisotopic (exact) mass is 216 g/mol. The fraction of sp³-hybridized carbons (Fsp3) is 0.417. The van der Waals surface area contributed by atoms with Crippen molar-refractivity contribution in [2.24, 2.45) is 11.7 Å². The maximum absolute atomic E-state index is 5.60. The summed E-state index contributed by atoms with van der Waals surface area (Å²) in [5.74, 6) is 0.692. The van der Waals surface area contributed by atoms with Crippen LogP contribution in [0.25, 0.3) is 5.65 Å². The van der Waals surface area contributed by atoms with Crippen LogP contribution in [0.1, 0.15) is 5.69 Å². The third-order valence-corrected chi connectivity index (χ3v) is 3.17. The molecule has 2 aromatic rings. The molecule has 0 radical (unpaired) electrons. The lowest BCUT2D eigenvalue weighted by atomic mass is 10.0. The van der Waals surface area contributed by atoms with Crippen molar-refractivity contribution in [3.8, 4) is 0 Å². The highest BCUT2D eigenvalue weighted by atomic mass is 15.2. The van der Waals surface area contributed by atoms with E-state index >= 15 is 0 Å². The zero-order valence-corrected chi connectivity index (χ0v) is 9.21. The van der Waals surface area contributed by atoms with Crippen molar-refractivity contribution < 1.29 is 0 Å². The van der Waals surface area contributed by atoms with Crippen LogP contribution in [0.5, 0.6) is 0 Å². The van der Waals surface area contributed by atoms with Gasteiger partial charge in [0.25, 0.3) is 0 Å². The molecule has 2 aromatic heterocycles. The fourth-order valence-corrected chi connectivity index (χ4v) is 2.25. The molecule has 1 aliphatic rings. The first-order chi connectivity index (χ1) is 7.85. The number of pyridine rings is 1. The lowest BCUT2D eigenvalue weighted by molar-refractivity contribution is 0.0967. The summed E-state index contributed by atoms with van der Waals surface area (Å²) in [6, 6.07) is 6.06. The molecular weight excluding hydrogens is 200 g/mol. The Bertz CT molecular complexity index is 451. The van der Waals surface area contributed by atoms with Crippen molar-refractivity contribution in [3.05, 3.63) is 36.3 Å². The first kappa shape index (κ1) is 9.81. The van der Waals surface area contributed by atoms with E-state index in [-0.39, 0.29) is 0 Å². The zero-order chi connectivity index (χ0) is 11.0. The summed E-state index contributed by atoms with van der Waals surface area (Å²) in [5, 5.41) is 0. The molecule has 4 heteroatoms. The van der Waals surface area contributed by atoms with Crippen molar-refractivity contribution in [3.63, 3.8) is 0 Å². The highest BCUT2D eigenvalue weighted by Crippen LogP contribution is 2.17. The predicted octanol–water partition coefficient (Wildman–Crippen LogP) is 0.725. The number of rotatable bonds is 3. The van der Waals surface area contributed by atoms with Crippen LogP contribution in [0.4, 0.5) is 0 Å². The van der Waals surface area contributed by atoms with Crippen molar-refractivity contribution in [1.82, 2.24) is 14.3 Å². The van der Waals surface area contributed by atoms with E-state index in [0.29, 0.717) is 5.92 Å². The zero-order valence-electron chi connectivity index (χ0n) is 9.21. The standard InChI is InChI=1S/C12H16N4/c13-5-10-6-15(7-10)8-11-9-16-4-2-1-3-12(16)14-11/h1-4,9-10H,5-8,13H2. The topological polar surface area (TPSA) is 46.6 Å². The minimum atomic E-state index is 0.692. The van der Waals surface area contributed by atoms with Gasteiger partial charge in [-0.15, -0.1) is 0 Å². The molecule has 0 atom stereocenters. The van der Waals surface area contributed by atoms with E-state index in [1.807, 2.05) is 24.4 Å². The number of likely N-dealkylation sites (tertiary alicyclic amines) is 1. The minimum Gasteiger partial charge on any atom is -0.330 e. The van der Waals surface area contributed by atoms with Crippen LogP contribution in [-0.4, -0.2) is 33.9 Å². The highest BCUT2D eigenvalue weighted by molar-refractivity contribution is 5.39. The first-order valence-corrected chi connectivity index (χ1v) is 5.70. The maximum atomic E-state index is 5.60. The second-order valence-corrected chi connectivity index (χ2v) is 4.49. The summed E-state index contributed by atoms with van der Waals surface area (Å²) in [4.78, 5) is 6.96. The largest absolute Gasteiger partial charge is 0.330 e. The number of imidazole rings is 1. The molecule has 0 bridgehead atoms. The molecule has 0 amide bonds. The third-order valence-electron chi connectivity index (χ3n) is 3.17. The molecule has 0 spiro atoms. The fourth-order valence-electron chi connectivity index (χ4n) is 2.25. The van der Waals surface area contributed by atoms with E-state index < -0.39 is 0 Å².